The summed E-state index contributed by atoms with van der Waals surface area (Å²) in [4.78, 5) is 70.9. The molecule has 1 amide bonds. The molecular weight excluding hydrogens is 933 g/mol. The van der Waals surface area contributed by atoms with E-state index in [0.29, 0.717) is 42.7 Å². The molecule has 402 valence electrons. The number of nitrogens with one attached hydrogen (secondary N) is 1. The third kappa shape index (κ3) is 17.3. The van der Waals surface area contributed by atoms with E-state index in [4.69, 9.17) is 23.7 Å². The fourth-order valence-electron chi connectivity index (χ4n) is 10.5. The van der Waals surface area contributed by atoms with E-state index in [1.807, 2.05) is 13.0 Å². The number of carbonyl (C=O) groups is 5. The van der Waals surface area contributed by atoms with E-state index < -0.39 is 87.7 Å². The average Bonchev–Trinajstić information content (AvgIpc) is 3.86. The lowest BCUT2D eigenvalue weighted by atomic mass is 9.78. The molecule has 2 bridgehead atoms. The SMILES string of the molecule is COC1C(=O)C(C)CC/C=C/C=C/C=C(\C)[C@@H](NS(C)(=O)=O)C[C@H]2CC[C@H](C)[C@](O)(O2)C(=O)C(=O)N(C)C(C)C(=O)OC([C@H](C)C[C@@H]2CC[C@@H](OCC3CCCC3)[C@H](OC)C2)CC(=O)C(C)/C=C(\C)C1O. The number of aliphatic hydroxyl groups excluding tert-OH is 1. The van der Waals surface area contributed by atoms with Gasteiger partial charge in [-0.05, 0) is 115 Å². The van der Waals surface area contributed by atoms with Crippen LogP contribution in [0.15, 0.2) is 47.6 Å². The molecule has 3 N–H and O–H groups in total. The minimum atomic E-state index is -3.73. The van der Waals surface area contributed by atoms with E-state index in [2.05, 4.69) is 4.72 Å². The molecule has 71 heavy (non-hydrogen) atoms. The highest BCUT2D eigenvalue weighted by Gasteiger charge is 2.52. The van der Waals surface area contributed by atoms with Crippen LogP contribution in [0.2, 0.25) is 0 Å². The fraction of sp³-hybridized carbons (Fsp3) is 0.759. The van der Waals surface area contributed by atoms with Gasteiger partial charge in [-0.2, -0.15) is 0 Å². The van der Waals surface area contributed by atoms with Crippen molar-refractivity contribution in [3.05, 3.63) is 47.6 Å². The van der Waals surface area contributed by atoms with Gasteiger partial charge in [-0.15, -0.1) is 0 Å². The first-order valence-corrected chi connectivity index (χ1v) is 27.8. The number of allylic oxidation sites excluding steroid dienone is 6. The number of rotatable bonds is 10. The molecule has 1 saturated heterocycles. The molecule has 2 heterocycles. The lowest BCUT2D eigenvalue weighted by molar-refractivity contribution is -0.263. The lowest BCUT2D eigenvalue weighted by Crippen LogP contribution is -2.59. The number of esters is 1. The summed E-state index contributed by atoms with van der Waals surface area (Å²) in [7, 11) is 0.572. The van der Waals surface area contributed by atoms with E-state index in [-0.39, 0.29) is 54.9 Å². The van der Waals surface area contributed by atoms with Crippen molar-refractivity contribution in [2.45, 2.75) is 193 Å². The molecule has 0 spiro atoms. The smallest absolute Gasteiger partial charge is 0.328 e. The number of nitrogens with zero attached hydrogens (tertiary/aromatic N) is 1. The van der Waals surface area contributed by atoms with E-state index in [9.17, 15) is 42.6 Å². The first-order chi connectivity index (χ1) is 33.4. The molecule has 0 aromatic rings. The number of aliphatic hydroxyl groups is 2. The summed E-state index contributed by atoms with van der Waals surface area (Å²) in [5, 5.41) is 23.3. The van der Waals surface area contributed by atoms with Crippen molar-refractivity contribution in [3.63, 3.8) is 0 Å². The van der Waals surface area contributed by atoms with E-state index in [1.165, 1.54) is 46.8 Å². The van der Waals surface area contributed by atoms with Gasteiger partial charge in [0.05, 0.1) is 24.6 Å². The summed E-state index contributed by atoms with van der Waals surface area (Å²) in [6.45, 7) is 12.4. The Kier molecular flexibility index (Phi) is 23.5. The first-order valence-electron chi connectivity index (χ1n) is 25.9. The number of ketones is 3. The number of fused-ring (bicyclic) bond motifs is 2. The number of hydrogen-bond acceptors (Lipinski definition) is 14. The summed E-state index contributed by atoms with van der Waals surface area (Å²) < 4.78 is 57.8. The van der Waals surface area contributed by atoms with Gasteiger partial charge in [-0.25, -0.2) is 17.9 Å². The van der Waals surface area contributed by atoms with Crippen LogP contribution < -0.4 is 4.72 Å². The molecule has 6 unspecified atom stereocenters. The van der Waals surface area contributed by atoms with E-state index in [1.54, 1.807) is 72.1 Å². The average molecular weight is 1020 g/mol. The third-order valence-corrected chi connectivity index (χ3v) is 16.3. The fourth-order valence-corrected chi connectivity index (χ4v) is 11.3. The number of hydrogen-bond donors (Lipinski definition) is 3. The van der Waals surface area contributed by atoms with Crippen LogP contribution in [0.1, 0.15) is 138 Å². The second-order valence-corrected chi connectivity index (χ2v) is 23.0. The van der Waals surface area contributed by atoms with Gasteiger partial charge in [-0.3, -0.25) is 19.2 Å². The van der Waals surface area contributed by atoms with Crippen LogP contribution in [0.25, 0.3) is 0 Å². The molecule has 0 aromatic carbocycles. The number of cyclic esters (lactones) is 1. The molecule has 2 aliphatic carbocycles. The van der Waals surface area contributed by atoms with Crippen molar-refractivity contribution in [1.82, 2.24) is 9.62 Å². The Morgan fingerprint density at radius 1 is 0.873 bits per heavy atom. The first kappa shape index (κ1) is 60.1. The van der Waals surface area contributed by atoms with Gasteiger partial charge in [0, 0.05) is 58.1 Å². The summed E-state index contributed by atoms with van der Waals surface area (Å²) in [6.07, 6.45) is 16.3. The van der Waals surface area contributed by atoms with Crippen LogP contribution in [0.3, 0.4) is 0 Å². The normalized spacial score (nSPS) is 37.6. The second-order valence-electron chi connectivity index (χ2n) is 21.3. The Morgan fingerprint density at radius 3 is 2.21 bits per heavy atom. The minimum absolute atomic E-state index is 0.0261. The van der Waals surface area contributed by atoms with Gasteiger partial charge in [0.15, 0.2) is 5.78 Å². The number of sulfonamides is 1. The largest absolute Gasteiger partial charge is 0.460 e. The maximum Gasteiger partial charge on any atom is 0.328 e. The van der Waals surface area contributed by atoms with Gasteiger partial charge in [-0.1, -0.05) is 82.6 Å². The van der Waals surface area contributed by atoms with Crippen molar-refractivity contribution in [2.75, 3.05) is 34.1 Å². The number of Topliss-reactive ketones (excluding diaryl/α,β-unsaturated/α-hetero) is 3. The van der Waals surface area contributed by atoms with Crippen LogP contribution in [0.4, 0.5) is 0 Å². The maximum absolute atomic E-state index is 14.2. The Balaban J connectivity index is 1.65. The monoisotopic (exact) mass is 1020 g/mol. The Morgan fingerprint density at radius 2 is 1.56 bits per heavy atom. The Bertz CT molecular complexity index is 2050. The Labute approximate surface area is 423 Å². The predicted molar refractivity (Wildman–Crippen MR) is 270 cm³/mol. The van der Waals surface area contributed by atoms with Gasteiger partial charge in [0.1, 0.15) is 30.1 Å². The molecular formula is C54H86N2O14S. The standard InChI is InChI=1S/C54H86N2O14S/c1-33-19-15-13-12-14-16-20-34(2)48(58)50(67-10)49(59)37(5)27-35(3)44(57)31-46(36(4)28-41-24-26-45(47(29-41)66-9)68-32-40-21-17-18-22-40)69-53(62)39(7)56(8)52(61)51(60)54(63)38(6)23-25-42(70-54)30-43(33)55-71(11,64)65/h12-15,19,27,34-36,38-43,45-47,49-50,55,59,63H,16-18,20-26,28-32H2,1-11H3/b14-12+,15-13+,33-19+,37-27+/t34?,35?,36-,38+,39?,41+,42-,43+,45-,46?,47-,49?,50?,54+/m1/s1. The molecule has 0 radical (unpaired) electrons. The van der Waals surface area contributed by atoms with Gasteiger partial charge >= 0.3 is 5.97 Å². The molecule has 16 nitrogen and oxygen atoms in total. The molecule has 2 aliphatic heterocycles. The van der Waals surface area contributed by atoms with Gasteiger partial charge < -0.3 is 38.8 Å². The molecule has 4 aliphatic rings. The Hall–Kier alpha value is -3.42. The molecule has 2 saturated carbocycles. The summed E-state index contributed by atoms with van der Waals surface area (Å²) >= 11 is 0. The minimum Gasteiger partial charge on any atom is -0.460 e. The molecule has 14 atom stereocenters. The van der Waals surface area contributed by atoms with Crippen LogP contribution in [0.5, 0.6) is 0 Å². The highest BCUT2D eigenvalue weighted by molar-refractivity contribution is 7.88. The maximum atomic E-state index is 14.2. The third-order valence-electron chi connectivity index (χ3n) is 15.6. The lowest BCUT2D eigenvalue weighted by Gasteiger charge is -2.42. The molecule has 0 aromatic heterocycles. The van der Waals surface area contributed by atoms with Gasteiger partial charge in [0.2, 0.25) is 15.8 Å². The summed E-state index contributed by atoms with van der Waals surface area (Å²) in [5.41, 5.74) is 0.984. The molecule has 3 fully saturated rings. The summed E-state index contributed by atoms with van der Waals surface area (Å²) in [5.74, 6) is -8.16. The number of carbonyl (C=O) groups excluding carboxylic acids is 5. The van der Waals surface area contributed by atoms with Crippen LogP contribution in [0, 0.1) is 35.5 Å². The number of amides is 1. The molecule has 4 rings (SSSR count). The van der Waals surface area contributed by atoms with Crippen LogP contribution >= 0.6 is 0 Å². The van der Waals surface area contributed by atoms with E-state index >= 15 is 0 Å². The van der Waals surface area contributed by atoms with Crippen molar-refractivity contribution in [1.29, 1.82) is 0 Å². The van der Waals surface area contributed by atoms with Gasteiger partial charge in [0.25, 0.3) is 11.7 Å². The highest BCUT2D eigenvalue weighted by Crippen LogP contribution is 2.38. The summed E-state index contributed by atoms with van der Waals surface area (Å²) in [6, 6.07) is -2.13. The number of ether oxygens (including phenoxy) is 5. The quantitative estimate of drug-likeness (QED) is 0.121. The van der Waals surface area contributed by atoms with Crippen molar-refractivity contribution >= 4 is 39.2 Å². The zero-order valence-corrected chi connectivity index (χ0v) is 45.1. The van der Waals surface area contributed by atoms with Crippen LogP contribution in [-0.2, 0) is 57.7 Å². The predicted octanol–water partition coefficient (Wildman–Crippen LogP) is 6.52. The van der Waals surface area contributed by atoms with Crippen molar-refractivity contribution in [3.8, 4) is 0 Å². The highest BCUT2D eigenvalue weighted by atomic mass is 32.2. The van der Waals surface area contributed by atoms with E-state index in [0.717, 1.165) is 37.0 Å². The number of likely N-dealkylation sites (N-methyl/N-ethyl adjacent to an activating group) is 1. The topological polar surface area (TPSA) is 221 Å². The number of methoxy groups -OCH3 is 2. The zero-order valence-electron chi connectivity index (χ0n) is 44.3. The zero-order chi connectivity index (χ0) is 52.8. The second kappa shape index (κ2) is 27.8. The molecule has 17 heteroatoms. The van der Waals surface area contributed by atoms with Crippen molar-refractivity contribution < 1.29 is 66.3 Å². The van der Waals surface area contributed by atoms with Crippen molar-refractivity contribution in [2.24, 2.45) is 35.5 Å². The van der Waals surface area contributed by atoms with Crippen LogP contribution in [-0.4, -0.2) is 141 Å².